The SMILES string of the molecule is CN(C)c1ccc(/C=C/c2ccc3nonc3c2)cc1. The molecule has 1 heterocycles. The van der Waals surface area contributed by atoms with Crippen LogP contribution in [-0.2, 0) is 0 Å². The molecule has 100 valence electrons. The molecule has 20 heavy (non-hydrogen) atoms. The Bertz CT molecular complexity index is 742. The van der Waals surface area contributed by atoms with Crippen molar-refractivity contribution < 1.29 is 4.63 Å². The number of rotatable bonds is 3. The lowest BCUT2D eigenvalue weighted by molar-refractivity contribution is 0.315. The maximum absolute atomic E-state index is 4.69. The second-order valence-electron chi connectivity index (χ2n) is 4.83. The Balaban J connectivity index is 1.82. The van der Waals surface area contributed by atoms with E-state index < -0.39 is 0 Å². The van der Waals surface area contributed by atoms with Gasteiger partial charge < -0.3 is 4.90 Å². The van der Waals surface area contributed by atoms with Gasteiger partial charge in [0.2, 0.25) is 0 Å². The largest absolute Gasteiger partial charge is 0.378 e. The van der Waals surface area contributed by atoms with E-state index in [4.69, 9.17) is 0 Å². The molecule has 0 atom stereocenters. The minimum atomic E-state index is 0.773. The third-order valence-corrected chi connectivity index (χ3v) is 3.16. The van der Waals surface area contributed by atoms with Crippen molar-refractivity contribution in [3.8, 4) is 0 Å². The minimum Gasteiger partial charge on any atom is -0.378 e. The Kier molecular flexibility index (Phi) is 3.21. The average molecular weight is 265 g/mol. The number of fused-ring (bicyclic) bond motifs is 1. The zero-order valence-electron chi connectivity index (χ0n) is 11.4. The molecule has 0 bridgehead atoms. The Morgan fingerprint density at radius 2 is 1.50 bits per heavy atom. The summed E-state index contributed by atoms with van der Waals surface area (Å²) in [5.74, 6) is 0. The number of hydrogen-bond acceptors (Lipinski definition) is 4. The Labute approximate surface area is 117 Å². The summed E-state index contributed by atoms with van der Waals surface area (Å²) < 4.78 is 4.69. The van der Waals surface area contributed by atoms with Gasteiger partial charge in [0.1, 0.15) is 11.0 Å². The molecule has 2 aromatic carbocycles. The molecule has 0 saturated carbocycles. The highest BCUT2D eigenvalue weighted by atomic mass is 16.6. The van der Waals surface area contributed by atoms with Crippen molar-refractivity contribution in [2.24, 2.45) is 0 Å². The monoisotopic (exact) mass is 265 g/mol. The maximum atomic E-state index is 4.69. The van der Waals surface area contributed by atoms with E-state index in [-0.39, 0.29) is 0 Å². The average Bonchev–Trinajstić information content (AvgIpc) is 2.93. The van der Waals surface area contributed by atoms with E-state index in [0.717, 1.165) is 22.2 Å². The van der Waals surface area contributed by atoms with E-state index in [1.54, 1.807) is 0 Å². The molecule has 0 amide bonds. The fourth-order valence-electron chi connectivity index (χ4n) is 1.98. The first-order chi connectivity index (χ1) is 9.72. The predicted molar refractivity (Wildman–Crippen MR) is 81.5 cm³/mol. The summed E-state index contributed by atoms with van der Waals surface area (Å²) in [4.78, 5) is 2.08. The van der Waals surface area contributed by atoms with Crippen LogP contribution in [0.25, 0.3) is 23.2 Å². The van der Waals surface area contributed by atoms with Crippen LogP contribution in [0.2, 0.25) is 0 Å². The molecule has 0 N–H and O–H groups in total. The van der Waals surface area contributed by atoms with Crippen LogP contribution in [0.3, 0.4) is 0 Å². The highest BCUT2D eigenvalue weighted by Crippen LogP contribution is 2.16. The van der Waals surface area contributed by atoms with E-state index in [9.17, 15) is 0 Å². The second-order valence-corrected chi connectivity index (χ2v) is 4.83. The van der Waals surface area contributed by atoms with Crippen LogP contribution in [-0.4, -0.2) is 24.4 Å². The molecule has 4 nitrogen and oxygen atoms in total. The van der Waals surface area contributed by atoms with Crippen LogP contribution in [0, 0.1) is 0 Å². The third kappa shape index (κ3) is 2.54. The molecule has 0 unspecified atom stereocenters. The second kappa shape index (κ2) is 5.17. The molecule has 0 aliphatic heterocycles. The zero-order chi connectivity index (χ0) is 13.9. The van der Waals surface area contributed by atoms with Gasteiger partial charge in [0.25, 0.3) is 0 Å². The van der Waals surface area contributed by atoms with E-state index >= 15 is 0 Å². The van der Waals surface area contributed by atoms with Gasteiger partial charge in [-0.05, 0) is 45.7 Å². The fourth-order valence-corrected chi connectivity index (χ4v) is 1.98. The van der Waals surface area contributed by atoms with Gasteiger partial charge in [-0.1, -0.05) is 30.4 Å². The molecule has 0 saturated heterocycles. The molecule has 0 spiro atoms. The molecular weight excluding hydrogens is 250 g/mol. The summed E-state index contributed by atoms with van der Waals surface area (Å²) in [5.41, 5.74) is 4.98. The highest BCUT2D eigenvalue weighted by molar-refractivity contribution is 5.79. The van der Waals surface area contributed by atoms with Crippen LogP contribution < -0.4 is 4.90 Å². The van der Waals surface area contributed by atoms with Crippen LogP contribution in [0.4, 0.5) is 5.69 Å². The van der Waals surface area contributed by atoms with Gasteiger partial charge in [-0.3, -0.25) is 0 Å². The molecular formula is C16H15N3O. The van der Waals surface area contributed by atoms with Gasteiger partial charge in [0.15, 0.2) is 0 Å². The quantitative estimate of drug-likeness (QED) is 0.680. The lowest BCUT2D eigenvalue weighted by atomic mass is 10.1. The topological polar surface area (TPSA) is 42.2 Å². The van der Waals surface area contributed by atoms with Crippen molar-refractivity contribution in [1.29, 1.82) is 0 Å². The van der Waals surface area contributed by atoms with E-state index in [1.165, 1.54) is 5.69 Å². The summed E-state index contributed by atoms with van der Waals surface area (Å²) >= 11 is 0. The van der Waals surface area contributed by atoms with Crippen molar-refractivity contribution in [1.82, 2.24) is 10.3 Å². The summed E-state index contributed by atoms with van der Waals surface area (Å²) in [6, 6.07) is 14.3. The fraction of sp³-hybridized carbons (Fsp3) is 0.125. The van der Waals surface area contributed by atoms with Gasteiger partial charge in [-0.15, -0.1) is 0 Å². The summed E-state index contributed by atoms with van der Waals surface area (Å²) in [7, 11) is 4.07. The molecule has 0 aliphatic rings. The van der Waals surface area contributed by atoms with Gasteiger partial charge in [0.05, 0.1) is 0 Å². The van der Waals surface area contributed by atoms with E-state index in [2.05, 4.69) is 56.3 Å². The molecule has 3 rings (SSSR count). The molecule has 4 heteroatoms. The van der Waals surface area contributed by atoms with Crippen LogP contribution in [0.15, 0.2) is 47.1 Å². The van der Waals surface area contributed by atoms with Crippen LogP contribution >= 0.6 is 0 Å². The van der Waals surface area contributed by atoms with Gasteiger partial charge in [0, 0.05) is 19.8 Å². The number of benzene rings is 2. The van der Waals surface area contributed by atoms with Gasteiger partial charge in [-0.25, -0.2) is 4.63 Å². The summed E-state index contributed by atoms with van der Waals surface area (Å²) in [6.07, 6.45) is 4.13. The molecule has 0 radical (unpaired) electrons. The lowest BCUT2D eigenvalue weighted by Gasteiger charge is -2.11. The maximum Gasteiger partial charge on any atom is 0.135 e. The Morgan fingerprint density at radius 3 is 2.25 bits per heavy atom. The Morgan fingerprint density at radius 1 is 0.850 bits per heavy atom. The number of anilines is 1. The van der Waals surface area contributed by atoms with Crippen LogP contribution in [0.5, 0.6) is 0 Å². The Hall–Kier alpha value is -2.62. The summed E-state index contributed by atoms with van der Waals surface area (Å²) in [5, 5.41) is 7.63. The number of hydrogen-bond donors (Lipinski definition) is 0. The molecule has 0 fully saturated rings. The molecule has 1 aromatic heterocycles. The van der Waals surface area contributed by atoms with Crippen molar-refractivity contribution in [3.05, 3.63) is 53.6 Å². The zero-order valence-corrected chi connectivity index (χ0v) is 11.4. The van der Waals surface area contributed by atoms with Crippen molar-refractivity contribution in [2.75, 3.05) is 19.0 Å². The standard InChI is InChI=1S/C16H15N3O/c1-19(2)14-8-5-12(6-9-14)3-4-13-7-10-15-16(11-13)18-20-17-15/h3-11H,1-2H3/b4-3+. The first-order valence-corrected chi connectivity index (χ1v) is 6.40. The van der Waals surface area contributed by atoms with Crippen molar-refractivity contribution >= 4 is 28.9 Å². The minimum absolute atomic E-state index is 0.773. The van der Waals surface area contributed by atoms with Gasteiger partial charge >= 0.3 is 0 Å². The van der Waals surface area contributed by atoms with Crippen LogP contribution in [0.1, 0.15) is 11.1 Å². The van der Waals surface area contributed by atoms with E-state index in [0.29, 0.717) is 0 Å². The van der Waals surface area contributed by atoms with E-state index in [1.807, 2.05) is 32.3 Å². The summed E-state index contributed by atoms with van der Waals surface area (Å²) in [6.45, 7) is 0. The molecule has 3 aromatic rings. The lowest BCUT2D eigenvalue weighted by Crippen LogP contribution is -2.07. The first kappa shape index (κ1) is 12.4. The van der Waals surface area contributed by atoms with Gasteiger partial charge in [-0.2, -0.15) is 0 Å². The highest BCUT2D eigenvalue weighted by Gasteiger charge is 1.99. The number of aromatic nitrogens is 2. The first-order valence-electron chi connectivity index (χ1n) is 6.40. The number of nitrogens with zero attached hydrogens (tertiary/aromatic N) is 3. The van der Waals surface area contributed by atoms with Crippen molar-refractivity contribution in [3.63, 3.8) is 0 Å². The predicted octanol–water partition coefficient (Wildman–Crippen LogP) is 3.46. The van der Waals surface area contributed by atoms with Crippen molar-refractivity contribution in [2.45, 2.75) is 0 Å². The molecule has 0 aliphatic carbocycles. The smallest absolute Gasteiger partial charge is 0.135 e. The normalized spacial score (nSPS) is 11.3. The third-order valence-electron chi connectivity index (χ3n) is 3.16.